The molecule has 5 heteroatoms. The Morgan fingerprint density at radius 1 is 1.20 bits per heavy atom. The van der Waals surface area contributed by atoms with Crippen molar-refractivity contribution in [1.29, 1.82) is 0 Å². The largest absolute Gasteiger partial charge is 0.481 e. The molecule has 1 aliphatic rings. The van der Waals surface area contributed by atoms with Gasteiger partial charge in [-0.05, 0) is 59.5 Å². The molecule has 0 bridgehead atoms. The minimum absolute atomic E-state index is 0.284. The SMILES string of the molecule is CC(CN(CCCN(C)C)CCN1CCCC1)C(=O)O. The van der Waals surface area contributed by atoms with Crippen LogP contribution in [0, 0.1) is 5.92 Å². The minimum atomic E-state index is -0.691. The van der Waals surface area contributed by atoms with E-state index in [1.165, 1.54) is 25.9 Å². The van der Waals surface area contributed by atoms with E-state index in [1.807, 2.05) is 0 Å². The molecule has 1 aliphatic heterocycles. The van der Waals surface area contributed by atoms with Crippen LogP contribution >= 0.6 is 0 Å². The second kappa shape index (κ2) is 9.32. The molecule has 5 nitrogen and oxygen atoms in total. The standard InChI is InChI=1S/C15H31N3O2/c1-14(15(19)20)13-18(10-6-7-16(2)3)12-11-17-8-4-5-9-17/h14H,4-13H2,1-3H3,(H,19,20). The lowest BCUT2D eigenvalue weighted by Crippen LogP contribution is -2.39. The van der Waals surface area contributed by atoms with Gasteiger partial charge in [0.1, 0.15) is 0 Å². The van der Waals surface area contributed by atoms with E-state index >= 15 is 0 Å². The van der Waals surface area contributed by atoms with Crippen molar-refractivity contribution in [3.63, 3.8) is 0 Å². The summed E-state index contributed by atoms with van der Waals surface area (Å²) in [5.74, 6) is -0.975. The second-order valence-corrected chi connectivity index (χ2v) is 6.25. The van der Waals surface area contributed by atoms with Gasteiger partial charge in [-0.2, -0.15) is 0 Å². The predicted octanol–water partition coefficient (Wildman–Crippen LogP) is 1.06. The van der Waals surface area contributed by atoms with E-state index in [2.05, 4.69) is 28.8 Å². The normalized spacial score (nSPS) is 18.1. The molecular formula is C15H31N3O2. The van der Waals surface area contributed by atoms with Crippen molar-refractivity contribution < 1.29 is 9.90 Å². The lowest BCUT2D eigenvalue weighted by atomic mass is 10.1. The summed E-state index contributed by atoms with van der Waals surface area (Å²) < 4.78 is 0. The molecule has 0 radical (unpaired) electrons. The number of carboxylic acid groups (broad SMARTS) is 1. The van der Waals surface area contributed by atoms with E-state index in [4.69, 9.17) is 5.11 Å². The molecule has 0 amide bonds. The molecule has 1 rings (SSSR count). The molecule has 1 unspecified atom stereocenters. The number of carboxylic acids is 1. The van der Waals surface area contributed by atoms with Crippen molar-refractivity contribution >= 4 is 5.97 Å². The number of hydrogen-bond acceptors (Lipinski definition) is 4. The maximum absolute atomic E-state index is 11.0. The van der Waals surface area contributed by atoms with Crippen LogP contribution in [0.15, 0.2) is 0 Å². The van der Waals surface area contributed by atoms with Crippen LogP contribution in [0.1, 0.15) is 26.2 Å². The van der Waals surface area contributed by atoms with Crippen molar-refractivity contribution in [2.45, 2.75) is 26.2 Å². The van der Waals surface area contributed by atoms with Crippen molar-refractivity contribution in [1.82, 2.24) is 14.7 Å². The smallest absolute Gasteiger partial charge is 0.307 e. The van der Waals surface area contributed by atoms with Crippen LogP contribution < -0.4 is 0 Å². The second-order valence-electron chi connectivity index (χ2n) is 6.25. The molecule has 1 fully saturated rings. The summed E-state index contributed by atoms with van der Waals surface area (Å²) in [6, 6.07) is 0. The van der Waals surface area contributed by atoms with Crippen molar-refractivity contribution in [2.75, 3.05) is 59.9 Å². The lowest BCUT2D eigenvalue weighted by Gasteiger charge is -2.27. The third-order valence-corrected chi connectivity index (χ3v) is 3.96. The van der Waals surface area contributed by atoms with Crippen molar-refractivity contribution in [2.24, 2.45) is 5.92 Å². The maximum atomic E-state index is 11.0. The number of hydrogen-bond donors (Lipinski definition) is 1. The summed E-state index contributed by atoms with van der Waals surface area (Å²) >= 11 is 0. The summed E-state index contributed by atoms with van der Waals surface area (Å²) in [5.41, 5.74) is 0. The Labute approximate surface area is 123 Å². The van der Waals surface area contributed by atoms with Crippen LogP contribution in [0.2, 0.25) is 0 Å². The van der Waals surface area contributed by atoms with Crippen LogP contribution in [-0.4, -0.2) is 85.7 Å². The van der Waals surface area contributed by atoms with Gasteiger partial charge >= 0.3 is 5.97 Å². The van der Waals surface area contributed by atoms with Gasteiger partial charge in [-0.25, -0.2) is 0 Å². The monoisotopic (exact) mass is 285 g/mol. The fourth-order valence-electron chi connectivity index (χ4n) is 2.66. The molecule has 0 aliphatic carbocycles. The minimum Gasteiger partial charge on any atom is -0.481 e. The highest BCUT2D eigenvalue weighted by atomic mass is 16.4. The molecule has 1 atom stereocenters. The topological polar surface area (TPSA) is 47.0 Å². The predicted molar refractivity (Wildman–Crippen MR) is 82.1 cm³/mol. The quantitative estimate of drug-likeness (QED) is 0.650. The lowest BCUT2D eigenvalue weighted by molar-refractivity contribution is -0.141. The number of rotatable bonds is 10. The van der Waals surface area contributed by atoms with Gasteiger partial charge in [0.25, 0.3) is 0 Å². The zero-order valence-corrected chi connectivity index (χ0v) is 13.3. The van der Waals surface area contributed by atoms with Gasteiger partial charge < -0.3 is 19.8 Å². The van der Waals surface area contributed by atoms with Crippen LogP contribution in [0.3, 0.4) is 0 Å². The summed E-state index contributed by atoms with van der Waals surface area (Å²) in [5, 5.41) is 9.08. The Kier molecular flexibility index (Phi) is 8.11. The molecule has 0 aromatic heterocycles. The molecular weight excluding hydrogens is 254 g/mol. The third-order valence-electron chi connectivity index (χ3n) is 3.96. The maximum Gasteiger partial charge on any atom is 0.307 e. The number of nitrogens with zero attached hydrogens (tertiary/aromatic N) is 3. The molecule has 1 N–H and O–H groups in total. The van der Waals surface area contributed by atoms with E-state index in [0.717, 1.165) is 32.6 Å². The van der Waals surface area contributed by atoms with Gasteiger partial charge in [0.2, 0.25) is 0 Å². The van der Waals surface area contributed by atoms with Gasteiger partial charge in [-0.3, -0.25) is 4.79 Å². The highest BCUT2D eigenvalue weighted by Crippen LogP contribution is 2.08. The molecule has 1 heterocycles. The molecule has 0 spiro atoms. The van der Waals surface area contributed by atoms with E-state index in [1.54, 1.807) is 6.92 Å². The average molecular weight is 285 g/mol. The molecule has 0 aromatic carbocycles. The van der Waals surface area contributed by atoms with E-state index in [9.17, 15) is 4.79 Å². The Bertz CT molecular complexity index is 278. The van der Waals surface area contributed by atoms with Crippen molar-refractivity contribution in [3.8, 4) is 0 Å². The molecule has 20 heavy (non-hydrogen) atoms. The first-order chi connectivity index (χ1) is 9.49. The highest BCUT2D eigenvalue weighted by molar-refractivity contribution is 5.69. The first-order valence-corrected chi connectivity index (χ1v) is 7.81. The van der Waals surface area contributed by atoms with Gasteiger partial charge in [0.15, 0.2) is 0 Å². The Balaban J connectivity index is 2.33. The van der Waals surface area contributed by atoms with Crippen LogP contribution in [0.25, 0.3) is 0 Å². The first-order valence-electron chi connectivity index (χ1n) is 7.81. The summed E-state index contributed by atoms with van der Waals surface area (Å²) in [6.07, 6.45) is 3.72. The zero-order chi connectivity index (χ0) is 15.0. The first kappa shape index (κ1) is 17.4. The Morgan fingerprint density at radius 2 is 1.85 bits per heavy atom. The highest BCUT2D eigenvalue weighted by Gasteiger charge is 2.18. The fourth-order valence-corrected chi connectivity index (χ4v) is 2.66. The summed E-state index contributed by atoms with van der Waals surface area (Å²) in [6.45, 7) is 9.00. The van der Waals surface area contributed by atoms with E-state index < -0.39 is 5.97 Å². The van der Waals surface area contributed by atoms with Gasteiger partial charge in [-0.1, -0.05) is 6.92 Å². The van der Waals surface area contributed by atoms with Crippen LogP contribution in [0.5, 0.6) is 0 Å². The summed E-state index contributed by atoms with van der Waals surface area (Å²) in [4.78, 5) is 18.0. The molecule has 0 aromatic rings. The van der Waals surface area contributed by atoms with E-state index in [0.29, 0.717) is 6.54 Å². The summed E-state index contributed by atoms with van der Waals surface area (Å²) in [7, 11) is 4.16. The van der Waals surface area contributed by atoms with Crippen LogP contribution in [-0.2, 0) is 4.79 Å². The average Bonchev–Trinajstić information content (AvgIpc) is 2.88. The van der Waals surface area contributed by atoms with Crippen LogP contribution in [0.4, 0.5) is 0 Å². The molecule has 0 saturated carbocycles. The van der Waals surface area contributed by atoms with Gasteiger partial charge in [0, 0.05) is 19.6 Å². The molecule has 1 saturated heterocycles. The van der Waals surface area contributed by atoms with Crippen molar-refractivity contribution in [3.05, 3.63) is 0 Å². The molecule has 118 valence electrons. The number of aliphatic carboxylic acids is 1. The Morgan fingerprint density at radius 3 is 2.40 bits per heavy atom. The fraction of sp³-hybridized carbons (Fsp3) is 0.933. The third kappa shape index (κ3) is 7.22. The number of carbonyl (C=O) groups is 1. The van der Waals surface area contributed by atoms with Gasteiger partial charge in [0.05, 0.1) is 5.92 Å². The van der Waals surface area contributed by atoms with E-state index in [-0.39, 0.29) is 5.92 Å². The number of likely N-dealkylation sites (tertiary alicyclic amines) is 1. The Hall–Kier alpha value is -0.650. The van der Waals surface area contributed by atoms with Gasteiger partial charge in [-0.15, -0.1) is 0 Å². The zero-order valence-electron chi connectivity index (χ0n) is 13.3.